The molecular weight excluding hydrogens is 356 g/mol. The van der Waals surface area contributed by atoms with Crippen LogP contribution >= 0.6 is 22.9 Å². The van der Waals surface area contributed by atoms with Crippen LogP contribution in [0.15, 0.2) is 23.6 Å². The fraction of sp³-hybridized carbons (Fsp3) is 0.444. The lowest BCUT2D eigenvalue weighted by atomic mass is 10.2. The molecule has 1 aromatic carbocycles. The van der Waals surface area contributed by atoms with Crippen molar-refractivity contribution in [3.8, 4) is 0 Å². The average molecular weight is 379 g/mol. The third-order valence-electron chi connectivity index (χ3n) is 4.37. The molecule has 1 fully saturated rings. The summed E-state index contributed by atoms with van der Waals surface area (Å²) >= 11 is 7.80. The number of rotatable bonds is 4. The average Bonchev–Trinajstić information content (AvgIpc) is 2.87. The lowest BCUT2D eigenvalue weighted by Crippen LogP contribution is -2.36. The minimum absolute atomic E-state index is 0.00362. The van der Waals surface area contributed by atoms with E-state index < -0.39 is 0 Å². The van der Waals surface area contributed by atoms with Gasteiger partial charge in [0.05, 0.1) is 12.2 Å². The molecule has 1 aliphatic heterocycles. The molecule has 1 saturated heterocycles. The first-order valence-electron chi connectivity index (χ1n) is 8.47. The van der Waals surface area contributed by atoms with Gasteiger partial charge in [0, 0.05) is 42.3 Å². The van der Waals surface area contributed by atoms with Crippen molar-refractivity contribution in [3.63, 3.8) is 0 Å². The largest absolute Gasteiger partial charge is 0.347 e. The van der Waals surface area contributed by atoms with E-state index in [1.165, 1.54) is 0 Å². The Morgan fingerprint density at radius 2 is 2.12 bits per heavy atom. The van der Waals surface area contributed by atoms with Crippen LogP contribution in [-0.2, 0) is 4.79 Å². The molecule has 0 spiro atoms. The van der Waals surface area contributed by atoms with E-state index in [1.54, 1.807) is 11.3 Å². The zero-order valence-corrected chi connectivity index (χ0v) is 16.2. The Balaban J connectivity index is 1.54. The van der Waals surface area contributed by atoms with Gasteiger partial charge >= 0.3 is 0 Å². The van der Waals surface area contributed by atoms with Crippen LogP contribution in [0, 0.1) is 13.8 Å². The second kappa shape index (κ2) is 8.17. The highest BCUT2D eigenvalue weighted by atomic mass is 35.5. The Kier molecular flexibility index (Phi) is 5.93. The predicted molar refractivity (Wildman–Crippen MR) is 105 cm³/mol. The highest BCUT2D eigenvalue weighted by Crippen LogP contribution is 2.23. The summed E-state index contributed by atoms with van der Waals surface area (Å²) < 4.78 is 0. The van der Waals surface area contributed by atoms with Gasteiger partial charge in [0.25, 0.3) is 0 Å². The number of hydrogen-bond acceptors (Lipinski definition) is 5. The van der Waals surface area contributed by atoms with Gasteiger partial charge in [-0.15, -0.1) is 11.3 Å². The summed E-state index contributed by atoms with van der Waals surface area (Å²) in [5, 5.41) is 6.81. The van der Waals surface area contributed by atoms with Gasteiger partial charge < -0.3 is 10.2 Å². The zero-order chi connectivity index (χ0) is 17.8. The number of nitrogens with one attached hydrogen (secondary N) is 1. The minimum Gasteiger partial charge on any atom is -0.347 e. The molecule has 25 heavy (non-hydrogen) atoms. The molecule has 2 aromatic rings. The molecule has 7 heteroatoms. The quantitative estimate of drug-likeness (QED) is 0.883. The number of hydrogen-bond donors (Lipinski definition) is 1. The van der Waals surface area contributed by atoms with E-state index in [9.17, 15) is 4.79 Å². The van der Waals surface area contributed by atoms with Crippen molar-refractivity contribution in [2.24, 2.45) is 0 Å². The first-order valence-corrected chi connectivity index (χ1v) is 9.73. The summed E-state index contributed by atoms with van der Waals surface area (Å²) in [7, 11) is 0. The number of amides is 1. The number of carbonyl (C=O) groups is 1. The molecule has 5 nitrogen and oxygen atoms in total. The summed E-state index contributed by atoms with van der Waals surface area (Å²) in [6.45, 7) is 8.00. The first kappa shape index (κ1) is 18.2. The predicted octanol–water partition coefficient (Wildman–Crippen LogP) is 3.56. The Bertz CT molecular complexity index is 748. The Hall–Kier alpha value is -1.63. The Morgan fingerprint density at radius 1 is 1.28 bits per heavy atom. The second-order valence-corrected chi connectivity index (χ2v) is 7.59. The van der Waals surface area contributed by atoms with Crippen LogP contribution in [0.3, 0.4) is 0 Å². The standard InChI is InChI=1S/C18H23ClN4OS/c1-13-12-25-18(20-13)23-8-4-7-22(9-10-23)11-17(24)21-16-6-3-5-15(19)14(16)2/h3,5-6,12H,4,7-11H2,1-2H3,(H,21,24). The molecule has 1 aliphatic rings. The summed E-state index contributed by atoms with van der Waals surface area (Å²) in [5.74, 6) is 0.00362. The molecule has 0 aliphatic carbocycles. The molecular formula is C18H23ClN4OS. The highest BCUT2D eigenvalue weighted by Gasteiger charge is 2.19. The number of halogens is 1. The normalized spacial score (nSPS) is 15.9. The van der Waals surface area contributed by atoms with Crippen molar-refractivity contribution in [1.29, 1.82) is 0 Å². The van der Waals surface area contributed by atoms with Crippen molar-refractivity contribution in [1.82, 2.24) is 9.88 Å². The van der Waals surface area contributed by atoms with E-state index in [0.717, 1.165) is 54.7 Å². The summed E-state index contributed by atoms with van der Waals surface area (Å²) in [6, 6.07) is 5.56. The van der Waals surface area contributed by atoms with E-state index in [1.807, 2.05) is 32.0 Å². The second-order valence-electron chi connectivity index (χ2n) is 6.35. The monoisotopic (exact) mass is 378 g/mol. The lowest BCUT2D eigenvalue weighted by Gasteiger charge is -2.21. The van der Waals surface area contributed by atoms with E-state index in [2.05, 4.69) is 25.5 Å². The van der Waals surface area contributed by atoms with Crippen molar-refractivity contribution in [2.75, 3.05) is 42.9 Å². The number of carbonyl (C=O) groups excluding carboxylic acids is 1. The van der Waals surface area contributed by atoms with Gasteiger partial charge in [0.1, 0.15) is 0 Å². The highest BCUT2D eigenvalue weighted by molar-refractivity contribution is 7.13. The van der Waals surface area contributed by atoms with E-state index in [4.69, 9.17) is 11.6 Å². The smallest absolute Gasteiger partial charge is 0.238 e. The number of nitrogens with zero attached hydrogens (tertiary/aromatic N) is 3. The van der Waals surface area contributed by atoms with Crippen LogP contribution in [0.25, 0.3) is 0 Å². The first-order chi connectivity index (χ1) is 12.0. The molecule has 0 radical (unpaired) electrons. The maximum atomic E-state index is 12.4. The SMILES string of the molecule is Cc1csc(N2CCCN(CC(=O)Nc3cccc(Cl)c3C)CC2)n1. The fourth-order valence-corrected chi connectivity index (χ4v) is 3.97. The zero-order valence-electron chi connectivity index (χ0n) is 14.6. The molecule has 134 valence electrons. The van der Waals surface area contributed by atoms with Crippen LogP contribution in [0.4, 0.5) is 10.8 Å². The number of thiazole rings is 1. The molecule has 0 atom stereocenters. The topological polar surface area (TPSA) is 48.5 Å². The van der Waals surface area contributed by atoms with Crippen LogP contribution in [0.1, 0.15) is 17.7 Å². The molecule has 2 heterocycles. The molecule has 1 aromatic heterocycles. The van der Waals surface area contributed by atoms with Gasteiger partial charge in [-0.3, -0.25) is 9.69 Å². The van der Waals surface area contributed by atoms with Gasteiger partial charge in [-0.25, -0.2) is 4.98 Å². The fourth-order valence-electron chi connectivity index (χ4n) is 2.94. The lowest BCUT2D eigenvalue weighted by molar-refractivity contribution is -0.117. The summed E-state index contributed by atoms with van der Waals surface area (Å²) in [6.07, 6.45) is 1.03. The number of aromatic nitrogens is 1. The van der Waals surface area contributed by atoms with E-state index >= 15 is 0 Å². The van der Waals surface area contributed by atoms with Gasteiger partial charge in [-0.1, -0.05) is 17.7 Å². The van der Waals surface area contributed by atoms with Crippen molar-refractivity contribution < 1.29 is 4.79 Å². The molecule has 1 amide bonds. The van der Waals surface area contributed by atoms with Crippen LogP contribution in [-0.4, -0.2) is 48.5 Å². The number of anilines is 2. The van der Waals surface area contributed by atoms with Crippen LogP contribution < -0.4 is 10.2 Å². The molecule has 0 unspecified atom stereocenters. The van der Waals surface area contributed by atoms with Crippen molar-refractivity contribution >= 4 is 39.7 Å². The maximum Gasteiger partial charge on any atom is 0.238 e. The maximum absolute atomic E-state index is 12.4. The Labute approximate surface area is 157 Å². The van der Waals surface area contributed by atoms with Gasteiger partial charge in [0.15, 0.2) is 5.13 Å². The number of aryl methyl sites for hydroxylation is 1. The third-order valence-corrected chi connectivity index (χ3v) is 5.80. The van der Waals surface area contributed by atoms with E-state index in [0.29, 0.717) is 11.6 Å². The summed E-state index contributed by atoms with van der Waals surface area (Å²) in [5.41, 5.74) is 2.75. The van der Waals surface area contributed by atoms with Gasteiger partial charge in [-0.05, 0) is 38.0 Å². The van der Waals surface area contributed by atoms with Crippen LogP contribution in [0.5, 0.6) is 0 Å². The minimum atomic E-state index is 0.00362. The van der Waals surface area contributed by atoms with Gasteiger partial charge in [0.2, 0.25) is 5.91 Å². The summed E-state index contributed by atoms with van der Waals surface area (Å²) in [4.78, 5) is 21.5. The molecule has 0 saturated carbocycles. The molecule has 0 bridgehead atoms. The molecule has 1 N–H and O–H groups in total. The van der Waals surface area contributed by atoms with E-state index in [-0.39, 0.29) is 5.91 Å². The van der Waals surface area contributed by atoms with Crippen LogP contribution in [0.2, 0.25) is 5.02 Å². The third kappa shape index (κ3) is 4.71. The van der Waals surface area contributed by atoms with Crippen molar-refractivity contribution in [3.05, 3.63) is 39.9 Å². The van der Waals surface area contributed by atoms with Crippen molar-refractivity contribution in [2.45, 2.75) is 20.3 Å². The molecule has 3 rings (SSSR count). The van der Waals surface area contributed by atoms with Gasteiger partial charge in [-0.2, -0.15) is 0 Å². The Morgan fingerprint density at radius 3 is 2.88 bits per heavy atom. The number of benzene rings is 1.